The number of hydrogen-bond acceptors (Lipinski definition) is 5. The van der Waals surface area contributed by atoms with Gasteiger partial charge in [0.25, 0.3) is 5.78 Å². The van der Waals surface area contributed by atoms with Crippen molar-refractivity contribution >= 4 is 28.4 Å². The molecule has 0 unspecified atom stereocenters. The molecule has 0 radical (unpaired) electrons. The first-order valence-electron chi connectivity index (χ1n) is 10.5. The van der Waals surface area contributed by atoms with Gasteiger partial charge in [-0.05, 0) is 34.9 Å². The summed E-state index contributed by atoms with van der Waals surface area (Å²) in [7, 11) is 1.57. The highest BCUT2D eigenvalue weighted by Gasteiger charge is 2.33. The molecule has 1 aliphatic rings. The summed E-state index contributed by atoms with van der Waals surface area (Å²) >= 11 is 0. The molecule has 0 aliphatic carbocycles. The van der Waals surface area contributed by atoms with E-state index < -0.39 is 11.8 Å². The highest BCUT2D eigenvalue weighted by atomic mass is 16.5. The molecule has 164 valence electrons. The number of carbonyl (C=O) groups is 2. The second kappa shape index (κ2) is 8.31. The summed E-state index contributed by atoms with van der Waals surface area (Å²) in [5, 5.41) is 11.6. The lowest BCUT2D eigenvalue weighted by Crippen LogP contribution is -2.08. The number of rotatable bonds is 5. The van der Waals surface area contributed by atoms with Gasteiger partial charge in [0.15, 0.2) is 0 Å². The van der Waals surface area contributed by atoms with Crippen LogP contribution in [0.2, 0.25) is 0 Å². The number of cyclic esters (lactones) is 1. The number of aliphatic hydroxyl groups excluding tert-OH is 1. The van der Waals surface area contributed by atoms with Crippen LogP contribution in [0.5, 0.6) is 5.75 Å². The van der Waals surface area contributed by atoms with E-state index in [1.165, 1.54) is 0 Å². The number of fused-ring (bicyclic) bond motifs is 1. The largest absolute Gasteiger partial charge is 0.507 e. The minimum atomic E-state index is -0.948. The first kappa shape index (κ1) is 20.6. The van der Waals surface area contributed by atoms with Crippen molar-refractivity contribution in [3.05, 3.63) is 95.7 Å². The third-order valence-electron chi connectivity index (χ3n) is 5.85. The molecule has 1 fully saturated rings. The van der Waals surface area contributed by atoms with Crippen LogP contribution >= 0.6 is 0 Å². The predicted octanol–water partition coefficient (Wildman–Crippen LogP) is 4.76. The quantitative estimate of drug-likeness (QED) is 0.210. The monoisotopic (exact) mass is 439 g/mol. The molecule has 0 bridgehead atoms. The number of methoxy groups -OCH3 is 1. The molecule has 0 amide bonds. The second-order valence-electron chi connectivity index (χ2n) is 7.85. The highest BCUT2D eigenvalue weighted by molar-refractivity contribution is 6.43. The first-order chi connectivity index (χ1) is 16.0. The fourth-order valence-corrected chi connectivity index (χ4v) is 4.08. The van der Waals surface area contributed by atoms with E-state index in [2.05, 4.69) is 36.4 Å². The van der Waals surface area contributed by atoms with Crippen molar-refractivity contribution in [2.24, 2.45) is 0 Å². The summed E-state index contributed by atoms with van der Waals surface area (Å²) in [4.78, 5) is 23.6. The van der Waals surface area contributed by atoms with E-state index >= 15 is 0 Å². The standard InChI is InChI=1S/C27H21NO5/c1-32-20-11-12-24-21(13-20)22(25(29)23-16-33-27(31)26(23)30)15-28(24)14-17-7-9-19(10-8-17)18-5-3-2-4-6-18/h2-13,15,29H,14,16H2,1H3. The van der Waals surface area contributed by atoms with Crippen molar-refractivity contribution < 1.29 is 24.2 Å². The molecular weight excluding hydrogens is 418 g/mol. The maximum absolute atomic E-state index is 12.1. The van der Waals surface area contributed by atoms with Gasteiger partial charge in [0, 0.05) is 29.2 Å². The number of Topliss-reactive ketones (excluding diaryl/α,β-unsaturated/α-hetero) is 1. The van der Waals surface area contributed by atoms with E-state index in [9.17, 15) is 14.7 Å². The number of ether oxygens (including phenoxy) is 2. The predicted molar refractivity (Wildman–Crippen MR) is 125 cm³/mol. The van der Waals surface area contributed by atoms with Crippen LogP contribution in [0.3, 0.4) is 0 Å². The fraction of sp³-hybridized carbons (Fsp3) is 0.111. The van der Waals surface area contributed by atoms with Gasteiger partial charge < -0.3 is 19.1 Å². The van der Waals surface area contributed by atoms with Crippen LogP contribution in [0, 0.1) is 0 Å². The van der Waals surface area contributed by atoms with E-state index in [4.69, 9.17) is 9.47 Å². The number of aromatic nitrogens is 1. The minimum Gasteiger partial charge on any atom is -0.507 e. The first-order valence-corrected chi connectivity index (χ1v) is 10.5. The van der Waals surface area contributed by atoms with Crippen LogP contribution < -0.4 is 4.74 Å². The molecule has 2 heterocycles. The molecule has 6 heteroatoms. The van der Waals surface area contributed by atoms with Crippen LogP contribution in [0.15, 0.2) is 84.6 Å². The molecule has 33 heavy (non-hydrogen) atoms. The second-order valence-corrected chi connectivity index (χ2v) is 7.85. The van der Waals surface area contributed by atoms with E-state index in [-0.39, 0.29) is 17.9 Å². The lowest BCUT2D eigenvalue weighted by molar-refractivity contribution is -0.146. The van der Waals surface area contributed by atoms with Gasteiger partial charge in [-0.2, -0.15) is 0 Å². The Hall–Kier alpha value is -4.32. The van der Waals surface area contributed by atoms with Crippen LogP contribution in [0.4, 0.5) is 0 Å². The van der Waals surface area contributed by atoms with Crippen LogP contribution in [0.25, 0.3) is 27.8 Å². The molecular formula is C27H21NO5. The minimum absolute atomic E-state index is 0.0333. The summed E-state index contributed by atoms with van der Waals surface area (Å²) in [6.45, 7) is 0.324. The van der Waals surface area contributed by atoms with E-state index in [1.807, 2.05) is 34.9 Å². The van der Waals surface area contributed by atoms with Crippen molar-refractivity contribution in [3.63, 3.8) is 0 Å². The van der Waals surface area contributed by atoms with Gasteiger partial charge in [-0.3, -0.25) is 4.79 Å². The Morgan fingerprint density at radius 2 is 1.73 bits per heavy atom. The van der Waals surface area contributed by atoms with Gasteiger partial charge in [-0.1, -0.05) is 54.6 Å². The molecule has 1 aromatic heterocycles. The highest BCUT2D eigenvalue weighted by Crippen LogP contribution is 2.33. The Kier molecular flexibility index (Phi) is 5.18. The number of ketones is 1. The summed E-state index contributed by atoms with van der Waals surface area (Å²) < 4.78 is 12.1. The van der Waals surface area contributed by atoms with Crippen molar-refractivity contribution in [3.8, 4) is 16.9 Å². The average Bonchev–Trinajstić information content (AvgIpc) is 3.39. The Labute approximate surface area is 190 Å². The maximum Gasteiger partial charge on any atom is 0.379 e. The third kappa shape index (κ3) is 3.76. The zero-order valence-electron chi connectivity index (χ0n) is 17.9. The lowest BCUT2D eigenvalue weighted by atomic mass is 10.0. The molecule has 1 saturated heterocycles. The van der Waals surface area contributed by atoms with Crippen LogP contribution in [-0.2, 0) is 20.9 Å². The smallest absolute Gasteiger partial charge is 0.379 e. The van der Waals surface area contributed by atoms with Gasteiger partial charge >= 0.3 is 5.97 Å². The summed E-state index contributed by atoms with van der Waals surface area (Å²) in [6.07, 6.45) is 1.79. The topological polar surface area (TPSA) is 77.8 Å². The lowest BCUT2D eigenvalue weighted by Gasteiger charge is -2.08. The number of esters is 1. The van der Waals surface area contributed by atoms with Crippen molar-refractivity contribution in [2.75, 3.05) is 13.7 Å². The molecule has 4 aromatic rings. The van der Waals surface area contributed by atoms with Crippen molar-refractivity contribution in [2.45, 2.75) is 6.54 Å². The fourth-order valence-electron chi connectivity index (χ4n) is 4.08. The van der Waals surface area contributed by atoms with Gasteiger partial charge in [-0.15, -0.1) is 0 Å². The number of aliphatic hydroxyl groups is 1. The number of benzene rings is 3. The molecule has 0 spiro atoms. The summed E-state index contributed by atoms with van der Waals surface area (Å²) in [5.41, 5.74) is 4.65. The van der Waals surface area contributed by atoms with E-state index in [0.29, 0.717) is 23.2 Å². The Balaban J connectivity index is 1.55. The molecule has 0 saturated carbocycles. The molecule has 1 N–H and O–H groups in total. The zero-order valence-corrected chi connectivity index (χ0v) is 17.9. The molecule has 3 aromatic carbocycles. The van der Waals surface area contributed by atoms with Gasteiger partial charge in [0.2, 0.25) is 0 Å². The van der Waals surface area contributed by atoms with Crippen LogP contribution in [-0.4, -0.2) is 35.1 Å². The zero-order chi connectivity index (χ0) is 22.9. The van der Waals surface area contributed by atoms with Crippen molar-refractivity contribution in [1.82, 2.24) is 4.57 Å². The van der Waals surface area contributed by atoms with Gasteiger partial charge in [0.1, 0.15) is 18.1 Å². The Bertz CT molecular complexity index is 1400. The Morgan fingerprint density at radius 3 is 2.39 bits per heavy atom. The molecule has 0 atom stereocenters. The SMILES string of the molecule is COc1ccc2c(c1)c(C(O)=C1COC(=O)C1=O)cn2Cc1ccc(-c2ccccc2)cc1. The maximum atomic E-state index is 12.1. The third-order valence-corrected chi connectivity index (χ3v) is 5.85. The van der Waals surface area contributed by atoms with Crippen molar-refractivity contribution in [1.29, 1.82) is 0 Å². The van der Waals surface area contributed by atoms with Gasteiger partial charge in [0.05, 0.1) is 12.7 Å². The molecule has 1 aliphatic heterocycles. The van der Waals surface area contributed by atoms with Gasteiger partial charge in [-0.25, -0.2) is 4.79 Å². The van der Waals surface area contributed by atoms with E-state index in [0.717, 1.165) is 22.2 Å². The average molecular weight is 439 g/mol. The van der Waals surface area contributed by atoms with E-state index in [1.54, 1.807) is 19.4 Å². The summed E-state index contributed by atoms with van der Waals surface area (Å²) in [6, 6.07) is 24.0. The number of hydrogen-bond donors (Lipinski definition) is 1. The normalized spacial score (nSPS) is 15.1. The number of nitrogens with zero attached hydrogens (tertiary/aromatic N) is 1. The Morgan fingerprint density at radius 1 is 1.00 bits per heavy atom. The summed E-state index contributed by atoms with van der Waals surface area (Å²) in [5.74, 6) is -1.39. The van der Waals surface area contributed by atoms with Crippen LogP contribution in [0.1, 0.15) is 11.1 Å². The molecule has 5 rings (SSSR count). The molecule has 6 nitrogen and oxygen atoms in total. The number of carbonyl (C=O) groups excluding carboxylic acids is 2.